The molecule has 6 heteroatoms. The fraction of sp³-hybridized carbons (Fsp3) is 0.462. The zero-order chi connectivity index (χ0) is 14.4. The second-order valence-corrected chi connectivity index (χ2v) is 4.06. The van der Waals surface area contributed by atoms with E-state index in [9.17, 15) is 23.1 Å². The fourth-order valence-electron chi connectivity index (χ4n) is 1.49. The van der Waals surface area contributed by atoms with Gasteiger partial charge >= 0.3 is 5.97 Å². The number of benzene rings is 1. The minimum absolute atomic E-state index is 0.120. The Morgan fingerprint density at radius 2 is 1.89 bits per heavy atom. The van der Waals surface area contributed by atoms with Gasteiger partial charge in [-0.25, -0.2) is 13.2 Å². The van der Waals surface area contributed by atoms with Crippen molar-refractivity contribution in [3.8, 4) is 0 Å². The maximum Gasteiger partial charge on any atom is 0.305 e. The number of ether oxygens (including phenoxy) is 1. The molecule has 1 aromatic carbocycles. The standard InChI is InChI=1S/C13H15F3O3/c1-2-5-19-13(18)4-3-12(17)8-6-10(15)11(16)7-9(8)14/h6-7,12,17H,2-5H2,1H3. The Kier molecular flexibility index (Phi) is 5.82. The molecule has 0 aliphatic carbocycles. The molecule has 0 spiro atoms. The van der Waals surface area contributed by atoms with Gasteiger partial charge in [0, 0.05) is 18.1 Å². The number of carbonyl (C=O) groups is 1. The number of rotatable bonds is 6. The van der Waals surface area contributed by atoms with E-state index < -0.39 is 29.5 Å². The summed E-state index contributed by atoms with van der Waals surface area (Å²) in [6.45, 7) is 2.10. The lowest BCUT2D eigenvalue weighted by Gasteiger charge is -2.12. The fourth-order valence-corrected chi connectivity index (χ4v) is 1.49. The molecule has 0 saturated carbocycles. The van der Waals surface area contributed by atoms with Crippen LogP contribution in [-0.2, 0) is 9.53 Å². The number of aliphatic hydroxyl groups excluding tert-OH is 1. The zero-order valence-electron chi connectivity index (χ0n) is 10.5. The third-order valence-electron chi connectivity index (χ3n) is 2.49. The Bertz CT molecular complexity index is 449. The second-order valence-electron chi connectivity index (χ2n) is 4.06. The third kappa shape index (κ3) is 4.55. The van der Waals surface area contributed by atoms with Gasteiger partial charge in [-0.15, -0.1) is 0 Å². The maximum atomic E-state index is 13.3. The summed E-state index contributed by atoms with van der Waals surface area (Å²) in [5.41, 5.74) is -0.373. The first-order valence-corrected chi connectivity index (χ1v) is 5.93. The third-order valence-corrected chi connectivity index (χ3v) is 2.49. The van der Waals surface area contributed by atoms with Gasteiger partial charge in [0.1, 0.15) is 5.82 Å². The molecule has 1 rings (SSSR count). The van der Waals surface area contributed by atoms with Gasteiger partial charge in [-0.05, 0) is 18.9 Å². The van der Waals surface area contributed by atoms with Crippen LogP contribution in [0.15, 0.2) is 12.1 Å². The summed E-state index contributed by atoms with van der Waals surface area (Å²) in [6.07, 6.45) is -0.958. The molecule has 0 amide bonds. The Labute approximate surface area is 109 Å². The largest absolute Gasteiger partial charge is 0.466 e. The Balaban J connectivity index is 2.61. The lowest BCUT2D eigenvalue weighted by molar-refractivity contribution is -0.144. The minimum Gasteiger partial charge on any atom is -0.466 e. The highest BCUT2D eigenvalue weighted by molar-refractivity contribution is 5.69. The van der Waals surface area contributed by atoms with E-state index in [0.717, 1.165) is 0 Å². The summed E-state index contributed by atoms with van der Waals surface area (Å²) in [7, 11) is 0. The first-order chi connectivity index (χ1) is 8.95. The molecular weight excluding hydrogens is 261 g/mol. The molecule has 0 radical (unpaired) electrons. The van der Waals surface area contributed by atoms with Crippen molar-refractivity contribution in [2.24, 2.45) is 0 Å². The zero-order valence-corrected chi connectivity index (χ0v) is 10.5. The van der Waals surface area contributed by atoms with E-state index in [1.807, 2.05) is 6.92 Å². The van der Waals surface area contributed by atoms with Gasteiger partial charge < -0.3 is 9.84 Å². The molecule has 1 N–H and O–H groups in total. The first-order valence-electron chi connectivity index (χ1n) is 5.93. The van der Waals surface area contributed by atoms with Crippen LogP contribution in [0.25, 0.3) is 0 Å². The van der Waals surface area contributed by atoms with Gasteiger partial charge in [0.05, 0.1) is 12.7 Å². The predicted molar refractivity (Wildman–Crippen MR) is 61.8 cm³/mol. The molecule has 106 valence electrons. The van der Waals surface area contributed by atoms with Crippen LogP contribution < -0.4 is 0 Å². The van der Waals surface area contributed by atoms with Crippen LogP contribution in [0.3, 0.4) is 0 Å². The van der Waals surface area contributed by atoms with Crippen LogP contribution in [0.2, 0.25) is 0 Å². The van der Waals surface area contributed by atoms with Crippen molar-refractivity contribution >= 4 is 5.97 Å². The van der Waals surface area contributed by atoms with Gasteiger partial charge in [-0.3, -0.25) is 4.79 Å². The lowest BCUT2D eigenvalue weighted by Crippen LogP contribution is -2.09. The summed E-state index contributed by atoms with van der Waals surface area (Å²) < 4.78 is 43.7. The highest BCUT2D eigenvalue weighted by Gasteiger charge is 2.18. The maximum absolute atomic E-state index is 13.3. The van der Waals surface area contributed by atoms with E-state index >= 15 is 0 Å². The average Bonchev–Trinajstić information content (AvgIpc) is 2.37. The van der Waals surface area contributed by atoms with Crippen molar-refractivity contribution in [3.05, 3.63) is 35.1 Å². The molecule has 1 aromatic rings. The van der Waals surface area contributed by atoms with Crippen LogP contribution in [0, 0.1) is 17.5 Å². The SMILES string of the molecule is CCCOC(=O)CCC(O)c1cc(F)c(F)cc1F. The molecule has 0 bridgehead atoms. The topological polar surface area (TPSA) is 46.5 Å². The normalized spacial score (nSPS) is 12.3. The monoisotopic (exact) mass is 276 g/mol. The predicted octanol–water partition coefficient (Wildman–Crippen LogP) is 2.87. The van der Waals surface area contributed by atoms with Gasteiger partial charge in [0.25, 0.3) is 0 Å². The second kappa shape index (κ2) is 7.13. The van der Waals surface area contributed by atoms with Crippen LogP contribution in [-0.4, -0.2) is 17.7 Å². The molecule has 0 aliphatic heterocycles. The number of aliphatic hydroxyl groups is 1. The van der Waals surface area contributed by atoms with Crippen LogP contribution in [0.1, 0.15) is 37.9 Å². The summed E-state index contributed by atoms with van der Waals surface area (Å²) in [6, 6.07) is 0.954. The van der Waals surface area contributed by atoms with E-state index in [2.05, 4.69) is 0 Å². The number of hydrogen-bond donors (Lipinski definition) is 1. The number of halogens is 3. The van der Waals surface area contributed by atoms with Crippen molar-refractivity contribution in [2.45, 2.75) is 32.3 Å². The van der Waals surface area contributed by atoms with Crippen molar-refractivity contribution in [3.63, 3.8) is 0 Å². The summed E-state index contributed by atoms with van der Waals surface area (Å²) in [5.74, 6) is -4.14. The van der Waals surface area contributed by atoms with Gasteiger partial charge in [-0.1, -0.05) is 6.92 Å². The minimum atomic E-state index is -1.38. The van der Waals surface area contributed by atoms with Gasteiger partial charge in [-0.2, -0.15) is 0 Å². The van der Waals surface area contributed by atoms with Crippen LogP contribution in [0.4, 0.5) is 13.2 Å². The van der Waals surface area contributed by atoms with E-state index in [0.29, 0.717) is 18.6 Å². The first kappa shape index (κ1) is 15.5. The molecule has 19 heavy (non-hydrogen) atoms. The van der Waals surface area contributed by atoms with E-state index in [1.54, 1.807) is 0 Å². The molecule has 0 fully saturated rings. The highest BCUT2D eigenvalue weighted by atomic mass is 19.2. The Hall–Kier alpha value is -1.56. The number of carbonyl (C=O) groups excluding carboxylic acids is 1. The average molecular weight is 276 g/mol. The molecule has 3 nitrogen and oxygen atoms in total. The van der Waals surface area contributed by atoms with Gasteiger partial charge in [0.15, 0.2) is 11.6 Å². The number of hydrogen-bond acceptors (Lipinski definition) is 3. The quantitative estimate of drug-likeness (QED) is 0.642. The van der Waals surface area contributed by atoms with Crippen LogP contribution in [0.5, 0.6) is 0 Å². The molecule has 0 aromatic heterocycles. The smallest absolute Gasteiger partial charge is 0.305 e. The summed E-state index contributed by atoms with van der Waals surface area (Å²) >= 11 is 0. The number of esters is 1. The lowest BCUT2D eigenvalue weighted by atomic mass is 10.0. The van der Waals surface area contributed by atoms with Crippen molar-refractivity contribution in [1.82, 2.24) is 0 Å². The molecular formula is C13H15F3O3. The van der Waals surface area contributed by atoms with E-state index in [-0.39, 0.29) is 25.0 Å². The Morgan fingerprint density at radius 1 is 1.26 bits per heavy atom. The van der Waals surface area contributed by atoms with Crippen molar-refractivity contribution < 1.29 is 27.8 Å². The van der Waals surface area contributed by atoms with E-state index in [4.69, 9.17) is 4.74 Å². The molecule has 1 atom stereocenters. The molecule has 1 unspecified atom stereocenters. The highest BCUT2D eigenvalue weighted by Crippen LogP contribution is 2.24. The molecule has 0 aliphatic rings. The van der Waals surface area contributed by atoms with E-state index in [1.165, 1.54) is 0 Å². The van der Waals surface area contributed by atoms with Crippen LogP contribution >= 0.6 is 0 Å². The van der Waals surface area contributed by atoms with Crippen molar-refractivity contribution in [2.75, 3.05) is 6.61 Å². The summed E-state index contributed by atoms with van der Waals surface area (Å²) in [5, 5.41) is 9.65. The van der Waals surface area contributed by atoms with Gasteiger partial charge in [0.2, 0.25) is 0 Å². The molecule has 0 saturated heterocycles. The summed E-state index contributed by atoms with van der Waals surface area (Å²) in [4.78, 5) is 11.2. The Morgan fingerprint density at radius 3 is 2.53 bits per heavy atom. The van der Waals surface area contributed by atoms with Crippen molar-refractivity contribution in [1.29, 1.82) is 0 Å². The molecule has 0 heterocycles.